The molecule has 5 heteroatoms. The molecular weight excluding hydrogens is 280 g/mol. The Morgan fingerprint density at radius 1 is 1.27 bits per heavy atom. The molecule has 2 heterocycles. The van der Waals surface area contributed by atoms with E-state index in [2.05, 4.69) is 29.0 Å². The Kier molecular flexibility index (Phi) is 5.31. The Morgan fingerprint density at radius 3 is 3.05 bits per heavy atom. The van der Waals surface area contributed by atoms with Gasteiger partial charge in [0.2, 0.25) is 0 Å². The minimum absolute atomic E-state index is 0.0454. The van der Waals surface area contributed by atoms with Gasteiger partial charge in [-0.2, -0.15) is 0 Å². The highest BCUT2D eigenvalue weighted by molar-refractivity contribution is 5.28. The van der Waals surface area contributed by atoms with Gasteiger partial charge in [-0.3, -0.25) is 4.90 Å². The molecule has 2 atom stereocenters. The van der Waals surface area contributed by atoms with Crippen molar-refractivity contribution in [1.29, 1.82) is 0 Å². The number of aliphatic hydroxyl groups is 1. The highest BCUT2D eigenvalue weighted by Crippen LogP contribution is 2.22. The van der Waals surface area contributed by atoms with Gasteiger partial charge in [0.05, 0.1) is 19.8 Å². The van der Waals surface area contributed by atoms with E-state index in [0.717, 1.165) is 45.1 Å². The smallest absolute Gasteiger partial charge is 0.119 e. The summed E-state index contributed by atoms with van der Waals surface area (Å²) in [4.78, 5) is 4.98. The molecular formula is C17H26N2O3. The van der Waals surface area contributed by atoms with Crippen molar-refractivity contribution < 1.29 is 14.6 Å². The average molecular weight is 306 g/mol. The number of rotatable bonds is 5. The molecule has 22 heavy (non-hydrogen) atoms. The van der Waals surface area contributed by atoms with Crippen LogP contribution in [0.25, 0.3) is 0 Å². The Hall–Kier alpha value is -1.14. The van der Waals surface area contributed by atoms with E-state index < -0.39 is 0 Å². The second-order valence-electron chi connectivity index (χ2n) is 6.43. The average Bonchev–Trinajstić information content (AvgIpc) is 2.75. The predicted octanol–water partition coefficient (Wildman–Crippen LogP) is 0.820. The van der Waals surface area contributed by atoms with Crippen molar-refractivity contribution in [2.24, 2.45) is 5.92 Å². The Morgan fingerprint density at radius 2 is 2.18 bits per heavy atom. The zero-order chi connectivity index (χ0) is 15.4. The second-order valence-corrected chi connectivity index (χ2v) is 6.43. The highest BCUT2D eigenvalue weighted by Gasteiger charge is 2.31. The van der Waals surface area contributed by atoms with Crippen LogP contribution in [-0.4, -0.2) is 74.1 Å². The first kappa shape index (κ1) is 15.7. The zero-order valence-corrected chi connectivity index (χ0v) is 13.3. The van der Waals surface area contributed by atoms with Gasteiger partial charge in [-0.1, -0.05) is 12.1 Å². The van der Waals surface area contributed by atoms with Crippen LogP contribution in [0.4, 0.5) is 0 Å². The molecule has 1 N–H and O–H groups in total. The number of likely N-dealkylation sites (N-methyl/N-ethyl adjacent to an activating group) is 1. The maximum absolute atomic E-state index is 8.86. The standard InChI is InChI=1S/C17H26N2O3/c1-18-8-15-10-19(16(11-18)13-21-12-15)9-14-3-2-4-17(7-14)22-6-5-20/h2-4,7,15-16,20H,5-6,8-13H2,1H3/t15-,16-/m0/s1. The molecule has 0 saturated carbocycles. The molecule has 0 unspecified atom stereocenters. The third-order valence-corrected chi connectivity index (χ3v) is 4.41. The number of fused-ring (bicyclic) bond motifs is 3. The maximum Gasteiger partial charge on any atom is 0.119 e. The van der Waals surface area contributed by atoms with E-state index in [-0.39, 0.29) is 6.61 Å². The summed E-state index contributed by atoms with van der Waals surface area (Å²) >= 11 is 0. The fraction of sp³-hybridized carbons (Fsp3) is 0.647. The van der Waals surface area contributed by atoms with Crippen molar-refractivity contribution in [1.82, 2.24) is 9.80 Å². The summed E-state index contributed by atoms with van der Waals surface area (Å²) in [6.45, 7) is 6.29. The molecule has 1 aromatic rings. The van der Waals surface area contributed by atoms with Crippen molar-refractivity contribution in [2.75, 3.05) is 53.1 Å². The lowest BCUT2D eigenvalue weighted by Crippen LogP contribution is -2.42. The quantitative estimate of drug-likeness (QED) is 0.873. The van der Waals surface area contributed by atoms with Crippen LogP contribution in [0.3, 0.4) is 0 Å². The summed E-state index contributed by atoms with van der Waals surface area (Å²) in [5.41, 5.74) is 1.26. The van der Waals surface area contributed by atoms with Crippen LogP contribution in [0, 0.1) is 5.92 Å². The minimum atomic E-state index is 0.0454. The lowest BCUT2D eigenvalue weighted by atomic mass is 10.1. The van der Waals surface area contributed by atoms with Crippen molar-refractivity contribution in [3.05, 3.63) is 29.8 Å². The molecule has 0 aromatic heterocycles. The van der Waals surface area contributed by atoms with Crippen LogP contribution in [0.15, 0.2) is 24.3 Å². The number of benzene rings is 1. The summed E-state index contributed by atoms with van der Waals surface area (Å²) in [6.07, 6.45) is 0. The van der Waals surface area contributed by atoms with E-state index in [1.165, 1.54) is 5.56 Å². The Labute approximate surface area is 132 Å². The van der Waals surface area contributed by atoms with Gasteiger partial charge in [0.25, 0.3) is 0 Å². The summed E-state index contributed by atoms with van der Waals surface area (Å²) in [5, 5.41) is 8.86. The highest BCUT2D eigenvalue weighted by atomic mass is 16.5. The number of aliphatic hydroxyl groups excluding tert-OH is 1. The first-order valence-corrected chi connectivity index (χ1v) is 8.07. The number of hydrogen-bond acceptors (Lipinski definition) is 5. The van der Waals surface area contributed by atoms with Crippen molar-refractivity contribution >= 4 is 0 Å². The molecule has 2 aliphatic rings. The molecule has 5 nitrogen and oxygen atoms in total. The monoisotopic (exact) mass is 306 g/mol. The SMILES string of the molecule is CN1C[C@@H]2COC[C@H](C1)N(Cc1cccc(OCCO)c1)C2. The van der Waals surface area contributed by atoms with Gasteiger partial charge in [-0.15, -0.1) is 0 Å². The number of nitrogens with zero attached hydrogens (tertiary/aromatic N) is 2. The first-order valence-electron chi connectivity index (χ1n) is 8.07. The van der Waals surface area contributed by atoms with Crippen LogP contribution in [0.1, 0.15) is 5.56 Å². The molecule has 0 amide bonds. The maximum atomic E-state index is 8.86. The van der Waals surface area contributed by atoms with E-state index in [9.17, 15) is 0 Å². The summed E-state index contributed by atoms with van der Waals surface area (Å²) in [7, 11) is 2.21. The van der Waals surface area contributed by atoms with Crippen LogP contribution in [0.2, 0.25) is 0 Å². The number of ether oxygens (including phenoxy) is 2. The topological polar surface area (TPSA) is 45.2 Å². The molecule has 1 aromatic carbocycles. The summed E-state index contributed by atoms with van der Waals surface area (Å²) in [5.74, 6) is 1.42. The van der Waals surface area contributed by atoms with Crippen molar-refractivity contribution in [2.45, 2.75) is 12.6 Å². The minimum Gasteiger partial charge on any atom is -0.491 e. The van der Waals surface area contributed by atoms with Crippen LogP contribution in [-0.2, 0) is 11.3 Å². The molecule has 122 valence electrons. The second kappa shape index (κ2) is 7.42. The molecule has 0 spiro atoms. The summed E-state index contributed by atoms with van der Waals surface area (Å²) in [6, 6.07) is 8.64. The van der Waals surface area contributed by atoms with E-state index in [1.807, 2.05) is 12.1 Å². The lowest BCUT2D eigenvalue weighted by molar-refractivity contribution is 0.0562. The van der Waals surface area contributed by atoms with E-state index in [1.54, 1.807) is 0 Å². The van der Waals surface area contributed by atoms with E-state index >= 15 is 0 Å². The van der Waals surface area contributed by atoms with Gasteiger partial charge in [-0.25, -0.2) is 0 Å². The molecule has 3 rings (SSSR count). The largest absolute Gasteiger partial charge is 0.491 e. The molecule has 0 aliphatic carbocycles. The third-order valence-electron chi connectivity index (χ3n) is 4.41. The zero-order valence-electron chi connectivity index (χ0n) is 13.3. The molecule has 2 bridgehead atoms. The third kappa shape index (κ3) is 3.98. The van der Waals surface area contributed by atoms with E-state index in [4.69, 9.17) is 14.6 Å². The van der Waals surface area contributed by atoms with Crippen LogP contribution in [0.5, 0.6) is 5.75 Å². The van der Waals surface area contributed by atoms with E-state index in [0.29, 0.717) is 18.6 Å². The molecule has 2 aliphatic heterocycles. The van der Waals surface area contributed by atoms with Gasteiger partial charge in [0, 0.05) is 38.1 Å². The predicted molar refractivity (Wildman–Crippen MR) is 85.0 cm³/mol. The molecule has 2 saturated heterocycles. The van der Waals surface area contributed by atoms with Crippen LogP contribution < -0.4 is 4.74 Å². The van der Waals surface area contributed by atoms with Crippen LogP contribution >= 0.6 is 0 Å². The lowest BCUT2D eigenvalue weighted by Gasteiger charge is -2.29. The van der Waals surface area contributed by atoms with Gasteiger partial charge >= 0.3 is 0 Å². The van der Waals surface area contributed by atoms with Gasteiger partial charge in [0.1, 0.15) is 12.4 Å². The Balaban J connectivity index is 1.69. The van der Waals surface area contributed by atoms with Gasteiger partial charge < -0.3 is 19.5 Å². The summed E-state index contributed by atoms with van der Waals surface area (Å²) < 4.78 is 11.3. The fourth-order valence-electron chi connectivity index (χ4n) is 3.49. The van der Waals surface area contributed by atoms with Gasteiger partial charge in [0.15, 0.2) is 0 Å². The van der Waals surface area contributed by atoms with Crippen molar-refractivity contribution in [3.8, 4) is 5.75 Å². The normalized spacial score (nSPS) is 26.6. The molecule has 2 fully saturated rings. The van der Waals surface area contributed by atoms with Crippen molar-refractivity contribution in [3.63, 3.8) is 0 Å². The molecule has 0 radical (unpaired) electrons. The Bertz CT molecular complexity index is 483. The van der Waals surface area contributed by atoms with Gasteiger partial charge in [-0.05, 0) is 24.7 Å². The fourth-order valence-corrected chi connectivity index (χ4v) is 3.49. The number of hydrogen-bond donors (Lipinski definition) is 1. The first-order chi connectivity index (χ1) is 10.7.